The highest BCUT2D eigenvalue weighted by Gasteiger charge is 2.34. The molecule has 0 fully saturated rings. The maximum atomic E-state index is 13.0. The van der Waals surface area contributed by atoms with Gasteiger partial charge in [0.15, 0.2) is 0 Å². The molecule has 24 heavy (non-hydrogen) atoms. The molecule has 8 heteroatoms. The predicted octanol–water partition coefficient (Wildman–Crippen LogP) is 5.88. The van der Waals surface area contributed by atoms with Crippen molar-refractivity contribution in [3.63, 3.8) is 0 Å². The fraction of sp³-hybridized carbons (Fsp3) is 0.188. The van der Waals surface area contributed by atoms with Gasteiger partial charge in [0.05, 0.1) is 17.0 Å². The van der Waals surface area contributed by atoms with Crippen molar-refractivity contribution in [2.24, 2.45) is 0 Å². The van der Waals surface area contributed by atoms with Crippen LogP contribution in [0.2, 0.25) is 10.0 Å². The summed E-state index contributed by atoms with van der Waals surface area (Å²) in [5.41, 5.74) is -0.341. The number of carbonyl (C=O) groups is 1. The Hall–Kier alpha value is -1.37. The van der Waals surface area contributed by atoms with Crippen LogP contribution in [0.3, 0.4) is 0 Å². The van der Waals surface area contributed by atoms with Crippen molar-refractivity contribution in [1.82, 2.24) is 0 Å². The standard InChI is InChI=1S/C16H12Cl2F3NOS/c17-11-3-1-2-10(6-11)8-24-9-15(23)22-14-5-4-12(18)7-13(14)16(19,20)21/h1-7H,8-9H2,(H,22,23). The second-order valence-corrected chi connectivity index (χ2v) is 6.72. The molecule has 0 bridgehead atoms. The molecule has 2 rings (SSSR count). The highest BCUT2D eigenvalue weighted by Crippen LogP contribution is 2.36. The summed E-state index contributed by atoms with van der Waals surface area (Å²) in [5.74, 6) is 0.0301. The number of rotatable bonds is 5. The first-order chi connectivity index (χ1) is 11.3. The normalized spacial score (nSPS) is 11.4. The summed E-state index contributed by atoms with van der Waals surface area (Å²) in [4.78, 5) is 11.9. The zero-order valence-corrected chi connectivity index (χ0v) is 14.5. The van der Waals surface area contributed by atoms with E-state index in [0.29, 0.717) is 10.8 Å². The van der Waals surface area contributed by atoms with E-state index in [1.807, 2.05) is 6.07 Å². The van der Waals surface area contributed by atoms with Gasteiger partial charge in [-0.05, 0) is 35.9 Å². The van der Waals surface area contributed by atoms with Gasteiger partial charge in [-0.3, -0.25) is 4.79 Å². The van der Waals surface area contributed by atoms with Crippen LogP contribution in [-0.2, 0) is 16.7 Å². The monoisotopic (exact) mass is 393 g/mol. The number of hydrogen-bond donors (Lipinski definition) is 1. The number of halogens is 5. The molecule has 0 saturated heterocycles. The van der Waals surface area contributed by atoms with Crippen LogP contribution in [-0.4, -0.2) is 11.7 Å². The highest BCUT2D eigenvalue weighted by atomic mass is 35.5. The van der Waals surface area contributed by atoms with E-state index < -0.39 is 17.6 Å². The maximum absolute atomic E-state index is 13.0. The summed E-state index contributed by atoms with van der Waals surface area (Å²) in [6.07, 6.45) is -4.60. The van der Waals surface area contributed by atoms with Gasteiger partial charge in [-0.25, -0.2) is 0 Å². The van der Waals surface area contributed by atoms with Gasteiger partial charge in [-0.1, -0.05) is 35.3 Å². The van der Waals surface area contributed by atoms with Gasteiger partial charge in [0.25, 0.3) is 0 Å². The average Bonchev–Trinajstić information content (AvgIpc) is 2.48. The summed E-state index contributed by atoms with van der Waals surface area (Å²) in [7, 11) is 0. The number of carbonyl (C=O) groups excluding carboxylic acids is 1. The van der Waals surface area contributed by atoms with Crippen molar-refractivity contribution in [1.29, 1.82) is 0 Å². The molecule has 0 heterocycles. The number of nitrogens with one attached hydrogen (secondary N) is 1. The Labute approximate surface area is 151 Å². The molecule has 0 saturated carbocycles. The molecule has 1 amide bonds. The third kappa shape index (κ3) is 5.61. The number of alkyl halides is 3. The van der Waals surface area contributed by atoms with Gasteiger partial charge < -0.3 is 5.32 Å². The summed E-state index contributed by atoms with van der Waals surface area (Å²) in [6.45, 7) is 0. The Morgan fingerprint density at radius 3 is 2.46 bits per heavy atom. The lowest BCUT2D eigenvalue weighted by Crippen LogP contribution is -2.18. The Morgan fingerprint density at radius 2 is 1.79 bits per heavy atom. The lowest BCUT2D eigenvalue weighted by Gasteiger charge is -2.14. The van der Waals surface area contributed by atoms with Crippen LogP contribution in [0.1, 0.15) is 11.1 Å². The summed E-state index contributed by atoms with van der Waals surface area (Å²) in [5, 5.41) is 2.82. The van der Waals surface area contributed by atoms with Crippen LogP contribution >= 0.6 is 35.0 Å². The predicted molar refractivity (Wildman–Crippen MR) is 92.7 cm³/mol. The van der Waals surface area contributed by atoms with Crippen molar-refractivity contribution >= 4 is 46.6 Å². The first-order valence-corrected chi connectivity index (χ1v) is 8.65. The molecule has 2 aromatic carbocycles. The first kappa shape index (κ1) is 19.0. The fourth-order valence-corrected chi connectivity index (χ4v) is 3.09. The Bertz CT molecular complexity index is 738. The Kier molecular flexibility index (Phi) is 6.43. The summed E-state index contributed by atoms with van der Waals surface area (Å²) in [6, 6.07) is 10.4. The lowest BCUT2D eigenvalue weighted by molar-refractivity contribution is -0.137. The van der Waals surface area contributed by atoms with Crippen molar-refractivity contribution < 1.29 is 18.0 Å². The lowest BCUT2D eigenvalue weighted by atomic mass is 10.1. The zero-order chi connectivity index (χ0) is 17.7. The quantitative estimate of drug-likeness (QED) is 0.686. The van der Waals surface area contributed by atoms with E-state index in [4.69, 9.17) is 23.2 Å². The van der Waals surface area contributed by atoms with Gasteiger partial charge in [0, 0.05) is 15.8 Å². The van der Waals surface area contributed by atoms with Crippen molar-refractivity contribution in [2.75, 3.05) is 11.1 Å². The second kappa shape index (κ2) is 8.14. The smallest absolute Gasteiger partial charge is 0.325 e. The first-order valence-electron chi connectivity index (χ1n) is 6.74. The molecule has 2 nitrogen and oxygen atoms in total. The molecule has 0 atom stereocenters. The zero-order valence-electron chi connectivity index (χ0n) is 12.2. The SMILES string of the molecule is O=C(CSCc1cccc(Cl)c1)Nc1ccc(Cl)cc1C(F)(F)F. The van der Waals surface area contributed by atoms with E-state index >= 15 is 0 Å². The summed E-state index contributed by atoms with van der Waals surface area (Å²) >= 11 is 12.7. The van der Waals surface area contributed by atoms with Crippen LogP contribution in [0.25, 0.3) is 0 Å². The summed E-state index contributed by atoms with van der Waals surface area (Å²) < 4.78 is 38.9. The molecule has 128 valence electrons. The topological polar surface area (TPSA) is 29.1 Å². The minimum atomic E-state index is -4.60. The van der Waals surface area contributed by atoms with Gasteiger partial charge in [0.2, 0.25) is 5.91 Å². The highest BCUT2D eigenvalue weighted by molar-refractivity contribution is 7.99. The van der Waals surface area contributed by atoms with E-state index in [1.165, 1.54) is 17.8 Å². The number of anilines is 1. The van der Waals surface area contributed by atoms with E-state index in [1.54, 1.807) is 18.2 Å². The van der Waals surface area contributed by atoms with Crippen molar-refractivity contribution in [3.05, 3.63) is 63.6 Å². The molecule has 0 spiro atoms. The number of benzene rings is 2. The van der Waals surface area contributed by atoms with Crippen LogP contribution in [0.15, 0.2) is 42.5 Å². The van der Waals surface area contributed by atoms with Crippen molar-refractivity contribution in [2.45, 2.75) is 11.9 Å². The van der Waals surface area contributed by atoms with E-state index in [-0.39, 0.29) is 16.5 Å². The molecule has 0 radical (unpaired) electrons. The largest absolute Gasteiger partial charge is 0.418 e. The molecule has 1 N–H and O–H groups in total. The fourth-order valence-electron chi connectivity index (χ4n) is 1.93. The van der Waals surface area contributed by atoms with Gasteiger partial charge >= 0.3 is 6.18 Å². The maximum Gasteiger partial charge on any atom is 0.418 e. The van der Waals surface area contributed by atoms with E-state index in [0.717, 1.165) is 17.7 Å². The molecule has 0 aliphatic carbocycles. The minimum absolute atomic E-state index is 0.0203. The van der Waals surface area contributed by atoms with Crippen LogP contribution in [0, 0.1) is 0 Å². The van der Waals surface area contributed by atoms with Gasteiger partial charge in [0.1, 0.15) is 0 Å². The molecule has 2 aromatic rings. The second-order valence-electron chi connectivity index (χ2n) is 4.86. The van der Waals surface area contributed by atoms with E-state index in [2.05, 4.69) is 5.32 Å². The molecule has 0 unspecified atom stereocenters. The van der Waals surface area contributed by atoms with Crippen molar-refractivity contribution in [3.8, 4) is 0 Å². The molecule has 0 aliphatic rings. The van der Waals surface area contributed by atoms with Crippen LogP contribution in [0.5, 0.6) is 0 Å². The van der Waals surface area contributed by atoms with E-state index in [9.17, 15) is 18.0 Å². The van der Waals surface area contributed by atoms with Gasteiger partial charge in [-0.2, -0.15) is 13.2 Å². The molecule has 0 aliphatic heterocycles. The Morgan fingerprint density at radius 1 is 1.08 bits per heavy atom. The minimum Gasteiger partial charge on any atom is -0.325 e. The average molecular weight is 394 g/mol. The third-order valence-electron chi connectivity index (χ3n) is 2.95. The molecular formula is C16H12Cl2F3NOS. The number of hydrogen-bond acceptors (Lipinski definition) is 2. The van der Waals surface area contributed by atoms with Gasteiger partial charge in [-0.15, -0.1) is 11.8 Å². The number of thioether (sulfide) groups is 1. The van der Waals surface area contributed by atoms with Crippen LogP contribution < -0.4 is 5.32 Å². The third-order valence-corrected chi connectivity index (χ3v) is 4.43. The van der Waals surface area contributed by atoms with Crippen LogP contribution in [0.4, 0.5) is 18.9 Å². The molecular weight excluding hydrogens is 382 g/mol. The Balaban J connectivity index is 1.95. The molecule has 0 aromatic heterocycles. The number of amides is 1.